The minimum absolute atomic E-state index is 0.0883. The zero-order valence-corrected chi connectivity index (χ0v) is 12.4. The van der Waals surface area contributed by atoms with Crippen LogP contribution in [0.5, 0.6) is 5.75 Å². The predicted octanol–water partition coefficient (Wildman–Crippen LogP) is 2.62. The molecule has 0 radical (unpaired) electrons. The first kappa shape index (κ1) is 14.8. The largest absolute Gasteiger partial charge is 0.497 e. The van der Waals surface area contributed by atoms with Crippen molar-refractivity contribution < 1.29 is 9.53 Å². The molecule has 0 bridgehead atoms. The number of methoxy groups -OCH3 is 1. The number of aromatic nitrogens is 1. The highest BCUT2D eigenvalue weighted by atomic mass is 16.5. The van der Waals surface area contributed by atoms with Gasteiger partial charge in [0.15, 0.2) is 0 Å². The zero-order chi connectivity index (χ0) is 15.2. The number of hydrogen-bond acceptors (Lipinski definition) is 4. The molecule has 1 aromatic heterocycles. The molecule has 0 aliphatic heterocycles. The lowest BCUT2D eigenvalue weighted by atomic mass is 10.1. The van der Waals surface area contributed by atoms with Gasteiger partial charge in [-0.25, -0.2) is 4.98 Å². The summed E-state index contributed by atoms with van der Waals surface area (Å²) < 4.78 is 5.12. The summed E-state index contributed by atoms with van der Waals surface area (Å²) in [6.45, 7) is 1.94. The van der Waals surface area contributed by atoms with E-state index in [1.807, 2.05) is 31.2 Å². The lowest BCUT2D eigenvalue weighted by Gasteiger charge is -2.15. The van der Waals surface area contributed by atoms with Crippen molar-refractivity contribution in [1.29, 1.82) is 0 Å². The van der Waals surface area contributed by atoms with Crippen molar-refractivity contribution in [1.82, 2.24) is 10.3 Å². The fourth-order valence-electron chi connectivity index (χ4n) is 1.96. The minimum Gasteiger partial charge on any atom is -0.497 e. The van der Waals surface area contributed by atoms with Gasteiger partial charge in [-0.2, -0.15) is 0 Å². The number of hydrogen-bond donors (Lipinski definition) is 2. The Bertz CT molecular complexity index is 611. The molecule has 0 aliphatic rings. The van der Waals surface area contributed by atoms with Crippen LogP contribution >= 0.6 is 0 Å². The van der Waals surface area contributed by atoms with E-state index in [-0.39, 0.29) is 11.9 Å². The van der Waals surface area contributed by atoms with Crippen LogP contribution in [0.15, 0.2) is 42.6 Å². The number of benzene rings is 1. The Kier molecular flexibility index (Phi) is 4.77. The summed E-state index contributed by atoms with van der Waals surface area (Å²) in [7, 11) is 3.40. The van der Waals surface area contributed by atoms with E-state index in [1.54, 1.807) is 32.5 Å². The first-order valence-corrected chi connectivity index (χ1v) is 6.72. The molecule has 1 heterocycles. The molecule has 0 fully saturated rings. The maximum absolute atomic E-state index is 12.2. The van der Waals surface area contributed by atoms with Gasteiger partial charge in [-0.15, -0.1) is 0 Å². The molecule has 5 nitrogen and oxygen atoms in total. The second-order valence-electron chi connectivity index (χ2n) is 4.65. The first-order chi connectivity index (χ1) is 10.1. The molecule has 2 N–H and O–H groups in total. The summed E-state index contributed by atoms with van der Waals surface area (Å²) in [6, 6.07) is 11.0. The standard InChI is InChI=1S/C16H19N3O2/c1-11(12-4-6-14(21-3)7-5-12)19-16(20)13-8-9-18-15(10-13)17-2/h4-11H,1-3H3,(H,17,18)(H,19,20). The SMILES string of the molecule is CNc1cc(C(=O)NC(C)c2ccc(OC)cc2)ccn1. The number of amides is 1. The van der Waals surface area contributed by atoms with Crippen LogP contribution in [0.3, 0.4) is 0 Å². The van der Waals surface area contributed by atoms with Crippen LogP contribution < -0.4 is 15.4 Å². The number of carbonyl (C=O) groups excluding carboxylic acids is 1. The summed E-state index contributed by atoms with van der Waals surface area (Å²) in [6.07, 6.45) is 1.61. The number of pyridine rings is 1. The molecule has 21 heavy (non-hydrogen) atoms. The van der Waals surface area contributed by atoms with Gasteiger partial charge in [0, 0.05) is 18.8 Å². The number of rotatable bonds is 5. The highest BCUT2D eigenvalue weighted by Gasteiger charge is 2.12. The molecule has 110 valence electrons. The van der Waals surface area contributed by atoms with Crippen LogP contribution in [0.25, 0.3) is 0 Å². The van der Waals surface area contributed by atoms with Crippen molar-refractivity contribution in [3.63, 3.8) is 0 Å². The molecule has 0 saturated carbocycles. The van der Waals surface area contributed by atoms with Crippen LogP contribution in [-0.2, 0) is 0 Å². The highest BCUT2D eigenvalue weighted by Crippen LogP contribution is 2.18. The number of nitrogens with zero attached hydrogens (tertiary/aromatic N) is 1. The van der Waals surface area contributed by atoms with Gasteiger partial charge in [-0.3, -0.25) is 4.79 Å². The maximum Gasteiger partial charge on any atom is 0.251 e. The normalized spacial score (nSPS) is 11.6. The Morgan fingerprint density at radius 3 is 2.57 bits per heavy atom. The molecular formula is C16H19N3O2. The first-order valence-electron chi connectivity index (χ1n) is 6.72. The van der Waals surface area contributed by atoms with Crippen LogP contribution in [0.2, 0.25) is 0 Å². The molecule has 5 heteroatoms. The van der Waals surface area contributed by atoms with E-state index in [9.17, 15) is 4.79 Å². The third-order valence-corrected chi connectivity index (χ3v) is 3.24. The fraction of sp³-hybridized carbons (Fsp3) is 0.250. The Balaban J connectivity index is 2.06. The molecule has 2 aromatic rings. The molecule has 0 saturated heterocycles. The second-order valence-corrected chi connectivity index (χ2v) is 4.65. The third-order valence-electron chi connectivity index (χ3n) is 3.24. The summed E-state index contributed by atoms with van der Waals surface area (Å²) >= 11 is 0. The second kappa shape index (κ2) is 6.74. The van der Waals surface area contributed by atoms with E-state index >= 15 is 0 Å². The quantitative estimate of drug-likeness (QED) is 0.886. The van der Waals surface area contributed by atoms with Crippen molar-refractivity contribution >= 4 is 11.7 Å². The van der Waals surface area contributed by atoms with Gasteiger partial charge in [0.05, 0.1) is 13.2 Å². The maximum atomic E-state index is 12.2. The lowest BCUT2D eigenvalue weighted by Crippen LogP contribution is -2.26. The number of carbonyl (C=O) groups is 1. The van der Waals surface area contributed by atoms with Gasteiger partial charge in [-0.1, -0.05) is 12.1 Å². The number of ether oxygens (including phenoxy) is 1. The lowest BCUT2D eigenvalue weighted by molar-refractivity contribution is 0.0940. The third kappa shape index (κ3) is 3.72. The molecule has 1 aromatic carbocycles. The van der Waals surface area contributed by atoms with E-state index in [0.717, 1.165) is 11.3 Å². The number of nitrogens with one attached hydrogen (secondary N) is 2. The van der Waals surface area contributed by atoms with Gasteiger partial charge < -0.3 is 15.4 Å². The van der Waals surface area contributed by atoms with Gasteiger partial charge in [-0.05, 0) is 36.8 Å². The van der Waals surface area contributed by atoms with E-state index in [4.69, 9.17) is 4.74 Å². The average molecular weight is 285 g/mol. The van der Waals surface area contributed by atoms with E-state index in [0.29, 0.717) is 11.4 Å². The van der Waals surface area contributed by atoms with Crippen molar-refractivity contribution in [3.05, 3.63) is 53.7 Å². The van der Waals surface area contributed by atoms with E-state index < -0.39 is 0 Å². The van der Waals surface area contributed by atoms with Gasteiger partial charge >= 0.3 is 0 Å². The van der Waals surface area contributed by atoms with Crippen molar-refractivity contribution in [2.45, 2.75) is 13.0 Å². The zero-order valence-electron chi connectivity index (χ0n) is 12.4. The summed E-state index contributed by atoms with van der Waals surface area (Å²) in [5, 5.41) is 5.88. The Hall–Kier alpha value is -2.56. The van der Waals surface area contributed by atoms with Gasteiger partial charge in [0.25, 0.3) is 5.91 Å². The summed E-state index contributed by atoms with van der Waals surface area (Å²) in [4.78, 5) is 16.3. The molecule has 0 spiro atoms. The van der Waals surface area contributed by atoms with Crippen molar-refractivity contribution in [2.75, 3.05) is 19.5 Å². The van der Waals surface area contributed by atoms with Crippen LogP contribution in [-0.4, -0.2) is 25.0 Å². The number of anilines is 1. The molecule has 1 unspecified atom stereocenters. The minimum atomic E-state index is -0.128. The molecule has 1 atom stereocenters. The Morgan fingerprint density at radius 1 is 1.24 bits per heavy atom. The van der Waals surface area contributed by atoms with Crippen molar-refractivity contribution in [3.8, 4) is 5.75 Å². The molecule has 2 rings (SSSR count). The molecule has 0 aliphatic carbocycles. The predicted molar refractivity (Wildman–Crippen MR) is 82.7 cm³/mol. The van der Waals surface area contributed by atoms with Crippen LogP contribution in [0.4, 0.5) is 5.82 Å². The smallest absolute Gasteiger partial charge is 0.251 e. The van der Waals surface area contributed by atoms with Gasteiger partial charge in [0.1, 0.15) is 11.6 Å². The Labute approximate surface area is 124 Å². The Morgan fingerprint density at radius 2 is 1.95 bits per heavy atom. The highest BCUT2D eigenvalue weighted by molar-refractivity contribution is 5.95. The van der Waals surface area contributed by atoms with Crippen LogP contribution in [0.1, 0.15) is 28.9 Å². The van der Waals surface area contributed by atoms with Crippen LogP contribution in [0, 0.1) is 0 Å². The summed E-state index contributed by atoms with van der Waals surface area (Å²) in [5.41, 5.74) is 1.60. The molecule has 1 amide bonds. The topological polar surface area (TPSA) is 63.2 Å². The summed E-state index contributed by atoms with van der Waals surface area (Å²) in [5.74, 6) is 1.34. The fourth-order valence-corrected chi connectivity index (χ4v) is 1.96. The van der Waals surface area contributed by atoms with E-state index in [2.05, 4.69) is 15.6 Å². The van der Waals surface area contributed by atoms with E-state index in [1.165, 1.54) is 0 Å². The van der Waals surface area contributed by atoms with Crippen molar-refractivity contribution in [2.24, 2.45) is 0 Å². The monoisotopic (exact) mass is 285 g/mol. The average Bonchev–Trinajstić information content (AvgIpc) is 2.54. The molecular weight excluding hydrogens is 266 g/mol. The van der Waals surface area contributed by atoms with Gasteiger partial charge in [0.2, 0.25) is 0 Å².